The molecule has 1 heterocycles. The minimum absolute atomic E-state index is 0.557. The third-order valence-corrected chi connectivity index (χ3v) is 4.36. The van der Waals surface area contributed by atoms with Gasteiger partial charge in [0.05, 0.1) is 0 Å². The molecule has 3 nitrogen and oxygen atoms in total. The maximum absolute atomic E-state index is 5.86. The summed E-state index contributed by atoms with van der Waals surface area (Å²) in [4.78, 5) is 4.95. The molecule has 0 aromatic carbocycles. The zero-order valence-electron chi connectivity index (χ0n) is 11.0. The van der Waals surface area contributed by atoms with Gasteiger partial charge in [-0.2, -0.15) is 11.8 Å². The van der Waals surface area contributed by atoms with Gasteiger partial charge in [-0.15, -0.1) is 0 Å². The van der Waals surface area contributed by atoms with Crippen LogP contribution in [0.1, 0.15) is 19.3 Å². The highest BCUT2D eigenvalue weighted by Crippen LogP contribution is 2.17. The number of nitrogens with two attached hydrogens (primary N) is 1. The predicted octanol–water partition coefficient (Wildman–Crippen LogP) is 1.09. The van der Waals surface area contributed by atoms with E-state index in [2.05, 4.69) is 30.2 Å². The molecule has 0 radical (unpaired) electrons. The SMILES string of the molecule is CSCCC(CN)N(C)CC1CCCN1C. The summed E-state index contributed by atoms with van der Waals surface area (Å²) in [5, 5.41) is 0. The quantitative estimate of drug-likeness (QED) is 0.728. The van der Waals surface area contributed by atoms with E-state index in [1.54, 1.807) is 0 Å². The van der Waals surface area contributed by atoms with Crippen molar-refractivity contribution in [3.63, 3.8) is 0 Å². The van der Waals surface area contributed by atoms with Crippen molar-refractivity contribution in [3.8, 4) is 0 Å². The monoisotopic (exact) mass is 245 g/mol. The van der Waals surface area contributed by atoms with Crippen LogP contribution in [0.4, 0.5) is 0 Å². The molecule has 2 atom stereocenters. The molecule has 4 heteroatoms. The number of thioether (sulfide) groups is 1. The highest BCUT2D eigenvalue weighted by molar-refractivity contribution is 7.98. The van der Waals surface area contributed by atoms with Crippen LogP contribution in [0, 0.1) is 0 Å². The van der Waals surface area contributed by atoms with Gasteiger partial charge in [0, 0.05) is 25.2 Å². The summed E-state index contributed by atoms with van der Waals surface area (Å²) in [6, 6.07) is 1.30. The highest BCUT2D eigenvalue weighted by atomic mass is 32.2. The molecule has 1 aliphatic heterocycles. The van der Waals surface area contributed by atoms with Crippen LogP contribution in [0.25, 0.3) is 0 Å². The molecule has 16 heavy (non-hydrogen) atoms. The number of rotatable bonds is 7. The number of likely N-dealkylation sites (N-methyl/N-ethyl adjacent to an activating group) is 2. The third-order valence-electron chi connectivity index (χ3n) is 3.72. The van der Waals surface area contributed by atoms with E-state index < -0.39 is 0 Å². The molecule has 0 aliphatic carbocycles. The van der Waals surface area contributed by atoms with Gasteiger partial charge in [0.15, 0.2) is 0 Å². The zero-order chi connectivity index (χ0) is 12.0. The van der Waals surface area contributed by atoms with E-state index in [4.69, 9.17) is 5.73 Å². The van der Waals surface area contributed by atoms with E-state index in [-0.39, 0.29) is 0 Å². The van der Waals surface area contributed by atoms with Crippen molar-refractivity contribution in [2.75, 3.05) is 45.7 Å². The number of likely N-dealkylation sites (tertiary alicyclic amines) is 1. The highest BCUT2D eigenvalue weighted by Gasteiger charge is 2.24. The average molecular weight is 245 g/mol. The Labute approximate surface area is 105 Å². The molecule has 1 fully saturated rings. The van der Waals surface area contributed by atoms with Crippen LogP contribution >= 0.6 is 11.8 Å². The van der Waals surface area contributed by atoms with E-state index in [1.807, 2.05) is 11.8 Å². The summed E-state index contributed by atoms with van der Waals surface area (Å²) >= 11 is 1.91. The summed E-state index contributed by atoms with van der Waals surface area (Å²) in [5.41, 5.74) is 5.86. The first-order valence-corrected chi connectivity index (χ1v) is 7.68. The maximum atomic E-state index is 5.86. The summed E-state index contributed by atoms with van der Waals surface area (Å²) in [6.45, 7) is 3.22. The first kappa shape index (κ1) is 14.3. The molecule has 0 spiro atoms. The fourth-order valence-electron chi connectivity index (χ4n) is 2.46. The number of hydrogen-bond acceptors (Lipinski definition) is 4. The molecule has 1 aliphatic rings. The van der Waals surface area contributed by atoms with Crippen LogP contribution in [0.2, 0.25) is 0 Å². The topological polar surface area (TPSA) is 32.5 Å². The second kappa shape index (κ2) is 7.54. The molecule has 1 saturated heterocycles. The summed E-state index contributed by atoms with van der Waals surface area (Å²) < 4.78 is 0. The molecule has 0 amide bonds. The lowest BCUT2D eigenvalue weighted by Gasteiger charge is -2.31. The van der Waals surface area contributed by atoms with Crippen molar-refractivity contribution in [3.05, 3.63) is 0 Å². The Morgan fingerprint density at radius 3 is 2.81 bits per heavy atom. The zero-order valence-corrected chi connectivity index (χ0v) is 11.8. The largest absolute Gasteiger partial charge is 0.329 e. The van der Waals surface area contributed by atoms with E-state index in [0.717, 1.165) is 12.6 Å². The summed E-state index contributed by atoms with van der Waals surface area (Å²) in [6.07, 6.45) is 6.08. The lowest BCUT2D eigenvalue weighted by molar-refractivity contribution is 0.176. The number of hydrogen-bond donors (Lipinski definition) is 1. The standard InChI is InChI=1S/C12H27N3S/c1-14-7-4-5-12(14)10-15(2)11(9-13)6-8-16-3/h11-12H,4-10,13H2,1-3H3. The Kier molecular flexibility index (Phi) is 6.73. The minimum Gasteiger partial charge on any atom is -0.329 e. The van der Waals surface area contributed by atoms with Crippen molar-refractivity contribution < 1.29 is 0 Å². The second-order valence-corrected chi connectivity index (χ2v) is 5.87. The molecule has 0 bridgehead atoms. The molecule has 0 aromatic heterocycles. The molecular weight excluding hydrogens is 218 g/mol. The average Bonchev–Trinajstić information content (AvgIpc) is 2.65. The Morgan fingerprint density at radius 1 is 1.56 bits per heavy atom. The van der Waals surface area contributed by atoms with Crippen LogP contribution in [-0.2, 0) is 0 Å². The molecule has 0 saturated carbocycles. The number of nitrogens with zero attached hydrogens (tertiary/aromatic N) is 2. The van der Waals surface area contributed by atoms with Crippen molar-refractivity contribution in [1.82, 2.24) is 9.80 Å². The smallest absolute Gasteiger partial charge is 0.0223 e. The molecule has 0 aromatic rings. The Bertz CT molecular complexity index is 189. The molecule has 96 valence electrons. The van der Waals surface area contributed by atoms with E-state index in [9.17, 15) is 0 Å². The normalized spacial score (nSPS) is 24.2. The van der Waals surface area contributed by atoms with Gasteiger partial charge in [-0.05, 0) is 51.9 Å². The van der Waals surface area contributed by atoms with Crippen LogP contribution in [0.15, 0.2) is 0 Å². The maximum Gasteiger partial charge on any atom is 0.0223 e. The van der Waals surface area contributed by atoms with E-state index in [1.165, 1.54) is 38.1 Å². The van der Waals surface area contributed by atoms with Crippen molar-refractivity contribution in [2.24, 2.45) is 5.73 Å². The van der Waals surface area contributed by atoms with Crippen molar-refractivity contribution in [2.45, 2.75) is 31.3 Å². The Hall–Kier alpha value is 0.230. The Morgan fingerprint density at radius 2 is 2.31 bits per heavy atom. The fraction of sp³-hybridized carbons (Fsp3) is 1.00. The lowest BCUT2D eigenvalue weighted by Crippen LogP contribution is -2.45. The predicted molar refractivity (Wildman–Crippen MR) is 74.1 cm³/mol. The first-order valence-electron chi connectivity index (χ1n) is 6.28. The molecule has 1 rings (SSSR count). The van der Waals surface area contributed by atoms with Gasteiger partial charge in [-0.3, -0.25) is 0 Å². The van der Waals surface area contributed by atoms with Gasteiger partial charge in [0.1, 0.15) is 0 Å². The van der Waals surface area contributed by atoms with Gasteiger partial charge in [-0.1, -0.05) is 0 Å². The van der Waals surface area contributed by atoms with E-state index >= 15 is 0 Å². The first-order chi connectivity index (χ1) is 7.69. The van der Waals surface area contributed by atoms with E-state index in [0.29, 0.717) is 6.04 Å². The van der Waals surface area contributed by atoms with Crippen LogP contribution in [0.5, 0.6) is 0 Å². The van der Waals surface area contributed by atoms with Gasteiger partial charge in [0.25, 0.3) is 0 Å². The van der Waals surface area contributed by atoms with Crippen LogP contribution in [0.3, 0.4) is 0 Å². The molecular formula is C12H27N3S. The van der Waals surface area contributed by atoms with Gasteiger partial charge in [-0.25, -0.2) is 0 Å². The minimum atomic E-state index is 0.557. The fourth-order valence-corrected chi connectivity index (χ4v) is 2.97. The summed E-state index contributed by atoms with van der Waals surface area (Å²) in [5.74, 6) is 1.21. The van der Waals surface area contributed by atoms with Gasteiger partial charge in [0.2, 0.25) is 0 Å². The molecule has 2 unspecified atom stereocenters. The molecule has 2 N–H and O–H groups in total. The third kappa shape index (κ3) is 4.24. The van der Waals surface area contributed by atoms with Crippen LogP contribution in [-0.4, -0.2) is 67.6 Å². The lowest BCUT2D eigenvalue weighted by atomic mass is 10.1. The van der Waals surface area contributed by atoms with Gasteiger partial charge >= 0.3 is 0 Å². The van der Waals surface area contributed by atoms with Crippen molar-refractivity contribution in [1.29, 1.82) is 0 Å². The summed E-state index contributed by atoms with van der Waals surface area (Å²) in [7, 11) is 4.47. The Balaban J connectivity index is 2.33. The van der Waals surface area contributed by atoms with Gasteiger partial charge < -0.3 is 15.5 Å². The van der Waals surface area contributed by atoms with Crippen molar-refractivity contribution >= 4 is 11.8 Å². The second-order valence-electron chi connectivity index (χ2n) is 4.89. The van der Waals surface area contributed by atoms with Crippen LogP contribution < -0.4 is 5.73 Å².